The molecule has 4 nitrogen and oxygen atoms in total. The molecule has 0 radical (unpaired) electrons. The van der Waals surface area contributed by atoms with Crippen molar-refractivity contribution in [1.29, 1.82) is 0 Å². The molecule has 1 aromatic rings. The maximum absolute atomic E-state index is 13.0. The van der Waals surface area contributed by atoms with Gasteiger partial charge in [-0.3, -0.25) is 9.59 Å². The molecule has 1 aliphatic heterocycles. The van der Waals surface area contributed by atoms with Gasteiger partial charge in [0.15, 0.2) is 0 Å². The Kier molecular flexibility index (Phi) is 4.13. The van der Waals surface area contributed by atoms with Gasteiger partial charge < -0.3 is 9.64 Å². The van der Waals surface area contributed by atoms with Gasteiger partial charge in [0.25, 0.3) is 0 Å². The van der Waals surface area contributed by atoms with E-state index in [-0.39, 0.29) is 18.0 Å². The van der Waals surface area contributed by atoms with E-state index in [1.165, 1.54) is 6.07 Å². The van der Waals surface area contributed by atoms with Crippen LogP contribution in [0, 0.1) is 5.92 Å². The zero-order valence-corrected chi connectivity index (χ0v) is 11.7. The van der Waals surface area contributed by atoms with E-state index in [9.17, 15) is 22.8 Å². The maximum Gasteiger partial charge on any atom is 0.418 e. The number of hydrogen-bond donors (Lipinski definition) is 0. The lowest BCUT2D eigenvalue weighted by Crippen LogP contribution is -2.28. The number of halogens is 4. The van der Waals surface area contributed by atoms with E-state index in [0.717, 1.165) is 24.1 Å². The van der Waals surface area contributed by atoms with Gasteiger partial charge in [0.1, 0.15) is 0 Å². The summed E-state index contributed by atoms with van der Waals surface area (Å²) in [6, 6.07) is 3.28. The second-order valence-electron chi connectivity index (χ2n) is 4.56. The Hall–Kier alpha value is -1.76. The molecule has 1 amide bonds. The van der Waals surface area contributed by atoms with Gasteiger partial charge in [-0.15, -0.1) is 0 Å². The molecule has 0 bridgehead atoms. The van der Waals surface area contributed by atoms with Gasteiger partial charge in [0, 0.05) is 13.0 Å². The normalized spacial score (nSPS) is 19.0. The van der Waals surface area contributed by atoms with Crippen LogP contribution in [-0.2, 0) is 20.5 Å². The number of amides is 1. The van der Waals surface area contributed by atoms with Crippen molar-refractivity contribution in [3.05, 3.63) is 28.8 Å². The quantitative estimate of drug-likeness (QED) is 0.787. The molecule has 21 heavy (non-hydrogen) atoms. The van der Waals surface area contributed by atoms with Crippen molar-refractivity contribution < 1.29 is 27.5 Å². The number of esters is 1. The van der Waals surface area contributed by atoms with Crippen LogP contribution in [-0.4, -0.2) is 25.5 Å². The van der Waals surface area contributed by atoms with Gasteiger partial charge in [-0.1, -0.05) is 17.7 Å². The standard InChI is InChI=1S/C13H11ClF3NO3/c1-21-12(20)7-5-10(19)18(6-7)11-8(13(15,16)17)3-2-4-9(11)14/h2-4,7H,5-6H2,1H3. The largest absolute Gasteiger partial charge is 0.469 e. The van der Waals surface area contributed by atoms with E-state index in [0.29, 0.717) is 0 Å². The summed E-state index contributed by atoms with van der Waals surface area (Å²) >= 11 is 5.83. The minimum absolute atomic E-state index is 0.182. The molecule has 1 heterocycles. The Labute approximate surface area is 123 Å². The first-order valence-electron chi connectivity index (χ1n) is 5.99. The molecular weight excluding hydrogens is 311 g/mol. The predicted molar refractivity (Wildman–Crippen MR) is 68.9 cm³/mol. The lowest BCUT2D eigenvalue weighted by molar-refractivity contribution is -0.145. The van der Waals surface area contributed by atoms with Crippen LogP contribution in [0.1, 0.15) is 12.0 Å². The summed E-state index contributed by atoms with van der Waals surface area (Å²) < 4.78 is 43.6. The molecule has 0 aliphatic carbocycles. The SMILES string of the molecule is COC(=O)C1CC(=O)N(c2c(Cl)cccc2C(F)(F)F)C1. The summed E-state index contributed by atoms with van der Waals surface area (Å²) in [6.45, 7) is -0.182. The van der Waals surface area contributed by atoms with Gasteiger partial charge in [-0.25, -0.2) is 0 Å². The van der Waals surface area contributed by atoms with E-state index in [4.69, 9.17) is 11.6 Å². The third kappa shape index (κ3) is 2.97. The minimum atomic E-state index is -4.65. The third-order valence-electron chi connectivity index (χ3n) is 3.22. The van der Waals surface area contributed by atoms with Crippen molar-refractivity contribution in [2.75, 3.05) is 18.6 Å². The van der Waals surface area contributed by atoms with E-state index in [2.05, 4.69) is 4.74 Å². The summed E-state index contributed by atoms with van der Waals surface area (Å²) in [4.78, 5) is 24.3. The molecule has 1 aliphatic rings. The first-order chi connectivity index (χ1) is 9.75. The number of carbonyl (C=O) groups excluding carboxylic acids is 2. The van der Waals surface area contributed by atoms with Crippen molar-refractivity contribution in [1.82, 2.24) is 0 Å². The van der Waals surface area contributed by atoms with Gasteiger partial charge >= 0.3 is 12.1 Å². The molecule has 1 unspecified atom stereocenters. The summed E-state index contributed by atoms with van der Waals surface area (Å²) in [5.74, 6) is -2.02. The van der Waals surface area contributed by atoms with Crippen LogP contribution in [0.5, 0.6) is 0 Å². The zero-order chi connectivity index (χ0) is 15.8. The molecule has 0 saturated carbocycles. The molecular formula is C13H11ClF3NO3. The van der Waals surface area contributed by atoms with Crippen LogP contribution < -0.4 is 4.90 Å². The number of hydrogen-bond acceptors (Lipinski definition) is 3. The highest BCUT2D eigenvalue weighted by atomic mass is 35.5. The second kappa shape index (κ2) is 5.55. The van der Waals surface area contributed by atoms with Crippen molar-refractivity contribution in [3.8, 4) is 0 Å². The van der Waals surface area contributed by atoms with Crippen LogP contribution in [0.4, 0.5) is 18.9 Å². The fourth-order valence-electron chi connectivity index (χ4n) is 2.27. The summed E-state index contributed by atoms with van der Waals surface area (Å²) in [7, 11) is 1.16. The van der Waals surface area contributed by atoms with Crippen molar-refractivity contribution in [3.63, 3.8) is 0 Å². The van der Waals surface area contributed by atoms with E-state index in [1.807, 2.05) is 0 Å². The number of benzene rings is 1. The topological polar surface area (TPSA) is 46.6 Å². The number of para-hydroxylation sites is 1. The minimum Gasteiger partial charge on any atom is -0.469 e. The monoisotopic (exact) mass is 321 g/mol. The summed E-state index contributed by atoms with van der Waals surface area (Å²) in [5.41, 5.74) is -1.42. The van der Waals surface area contributed by atoms with Gasteiger partial charge in [-0.05, 0) is 12.1 Å². The van der Waals surface area contributed by atoms with Crippen molar-refractivity contribution in [2.45, 2.75) is 12.6 Å². The van der Waals surface area contributed by atoms with Crippen LogP contribution in [0.15, 0.2) is 18.2 Å². The van der Waals surface area contributed by atoms with Gasteiger partial charge in [0.2, 0.25) is 5.91 Å². The second-order valence-corrected chi connectivity index (χ2v) is 4.97. The number of ether oxygens (including phenoxy) is 1. The Morgan fingerprint density at radius 3 is 2.67 bits per heavy atom. The van der Waals surface area contributed by atoms with Gasteiger partial charge in [-0.2, -0.15) is 13.2 Å². The Morgan fingerprint density at radius 2 is 2.10 bits per heavy atom. The first kappa shape index (κ1) is 15.6. The van der Waals surface area contributed by atoms with E-state index in [1.54, 1.807) is 0 Å². The average molecular weight is 322 g/mol. The van der Waals surface area contributed by atoms with Crippen LogP contribution in [0.25, 0.3) is 0 Å². The molecule has 1 atom stereocenters. The number of anilines is 1. The fraction of sp³-hybridized carbons (Fsp3) is 0.385. The fourth-order valence-corrected chi connectivity index (χ4v) is 2.54. The molecule has 1 saturated heterocycles. The molecule has 114 valence electrons. The van der Waals surface area contributed by atoms with Crippen molar-refractivity contribution >= 4 is 29.2 Å². The van der Waals surface area contributed by atoms with Crippen molar-refractivity contribution in [2.24, 2.45) is 5.92 Å². The third-order valence-corrected chi connectivity index (χ3v) is 3.53. The summed E-state index contributed by atoms with van der Waals surface area (Å²) in [6.07, 6.45) is -4.85. The Morgan fingerprint density at radius 1 is 1.43 bits per heavy atom. The maximum atomic E-state index is 13.0. The highest BCUT2D eigenvalue weighted by Gasteiger charge is 2.42. The molecule has 0 spiro atoms. The van der Waals surface area contributed by atoms with E-state index < -0.39 is 35.2 Å². The molecule has 1 fully saturated rings. The first-order valence-corrected chi connectivity index (χ1v) is 6.37. The molecule has 1 aromatic carbocycles. The van der Waals surface area contributed by atoms with Crippen LogP contribution in [0.3, 0.4) is 0 Å². The van der Waals surface area contributed by atoms with Gasteiger partial charge in [0.05, 0.1) is 29.3 Å². The lowest BCUT2D eigenvalue weighted by Gasteiger charge is -2.22. The number of rotatable bonds is 2. The Balaban J connectivity index is 2.43. The molecule has 8 heteroatoms. The smallest absolute Gasteiger partial charge is 0.418 e. The molecule has 2 rings (SSSR count). The highest BCUT2D eigenvalue weighted by Crippen LogP contribution is 2.42. The predicted octanol–water partition coefficient (Wildman–Crippen LogP) is 2.88. The lowest BCUT2D eigenvalue weighted by atomic mass is 10.1. The molecule has 0 aromatic heterocycles. The number of alkyl halides is 3. The zero-order valence-electron chi connectivity index (χ0n) is 10.9. The highest BCUT2D eigenvalue weighted by molar-refractivity contribution is 6.34. The number of methoxy groups -OCH3 is 1. The van der Waals surface area contributed by atoms with Crippen LogP contribution in [0.2, 0.25) is 5.02 Å². The van der Waals surface area contributed by atoms with E-state index >= 15 is 0 Å². The number of carbonyl (C=O) groups is 2. The Bertz CT molecular complexity index is 589. The summed E-state index contributed by atoms with van der Waals surface area (Å²) in [5, 5.41) is -0.191. The molecule has 0 N–H and O–H groups in total. The number of nitrogens with zero attached hydrogens (tertiary/aromatic N) is 1. The average Bonchev–Trinajstić information content (AvgIpc) is 2.78. The van der Waals surface area contributed by atoms with Crippen LogP contribution >= 0.6 is 11.6 Å².